The summed E-state index contributed by atoms with van der Waals surface area (Å²) in [4.78, 5) is 7.11. The first-order valence-electron chi connectivity index (χ1n) is 9.18. The van der Waals surface area contributed by atoms with Crippen LogP contribution in [0, 0.1) is 0 Å². The molecule has 0 aromatic rings. The van der Waals surface area contributed by atoms with Crippen LogP contribution in [-0.2, 0) is 14.8 Å². The Morgan fingerprint density at radius 2 is 1.88 bits per heavy atom. The van der Waals surface area contributed by atoms with E-state index >= 15 is 0 Å². The fraction of sp³-hybridized carbons (Fsp3) is 0.938. The number of guanidine groups is 1. The molecule has 0 aromatic carbocycles. The molecule has 0 amide bonds. The van der Waals surface area contributed by atoms with Crippen LogP contribution < -0.4 is 10.6 Å². The summed E-state index contributed by atoms with van der Waals surface area (Å²) in [5.74, 6) is 1.01. The van der Waals surface area contributed by atoms with Crippen molar-refractivity contribution in [3.05, 3.63) is 0 Å². The second-order valence-corrected chi connectivity index (χ2v) is 9.19. The third-order valence-electron chi connectivity index (χ3n) is 4.69. The van der Waals surface area contributed by atoms with Gasteiger partial charge in [0.05, 0.1) is 25.5 Å². The summed E-state index contributed by atoms with van der Waals surface area (Å²) in [6.07, 6.45) is 0.726. The van der Waals surface area contributed by atoms with Gasteiger partial charge in [0, 0.05) is 44.8 Å². The third-order valence-corrected chi connectivity index (χ3v) is 6.65. The number of hydrogen-bond acceptors (Lipinski definition) is 5. The van der Waals surface area contributed by atoms with E-state index in [0.717, 1.165) is 45.2 Å². The Balaban J connectivity index is 0.00000338. The highest BCUT2D eigenvalue weighted by Crippen LogP contribution is 2.16. The molecule has 2 aliphatic heterocycles. The first-order chi connectivity index (χ1) is 11.8. The molecule has 0 saturated carbocycles. The van der Waals surface area contributed by atoms with Gasteiger partial charge in [-0.15, -0.1) is 24.0 Å². The first-order valence-corrected chi connectivity index (χ1v) is 10.8. The predicted molar refractivity (Wildman–Crippen MR) is 116 cm³/mol. The number of sulfonamides is 1. The highest BCUT2D eigenvalue weighted by atomic mass is 127. The van der Waals surface area contributed by atoms with Gasteiger partial charge in [0.2, 0.25) is 10.0 Å². The van der Waals surface area contributed by atoms with Crippen LogP contribution in [0.1, 0.15) is 27.2 Å². The molecule has 0 aromatic heterocycles. The Morgan fingerprint density at radius 3 is 2.46 bits per heavy atom. The smallest absolute Gasteiger partial charge is 0.214 e. The van der Waals surface area contributed by atoms with Gasteiger partial charge in [0.1, 0.15) is 0 Å². The third kappa shape index (κ3) is 7.10. The summed E-state index contributed by atoms with van der Waals surface area (Å²) < 4.78 is 30.6. The Kier molecular flexibility index (Phi) is 10.1. The van der Waals surface area contributed by atoms with E-state index in [9.17, 15) is 8.42 Å². The molecule has 2 saturated heterocycles. The van der Waals surface area contributed by atoms with Gasteiger partial charge in [0.25, 0.3) is 0 Å². The standard InChI is InChI=1S/C16H33N5O3S.HI/c1-4-17-15(18-6-8-21-7-5-13-25(21,22)23)19-14-16(2,3)20-9-11-24-12-10-20;/h4-14H2,1-3H3,(H2,17,18,19);1H. The fourth-order valence-electron chi connectivity index (χ4n) is 3.12. The number of nitrogens with zero attached hydrogens (tertiary/aromatic N) is 3. The summed E-state index contributed by atoms with van der Waals surface area (Å²) in [5.41, 5.74) is -0.0373. The van der Waals surface area contributed by atoms with Gasteiger partial charge in [-0.25, -0.2) is 12.7 Å². The zero-order chi connectivity index (χ0) is 18.3. The number of morpholine rings is 1. The number of halogens is 1. The minimum absolute atomic E-state index is 0. The number of rotatable bonds is 7. The van der Waals surface area contributed by atoms with Crippen molar-refractivity contribution < 1.29 is 13.2 Å². The summed E-state index contributed by atoms with van der Waals surface area (Å²) in [6, 6.07) is 0. The van der Waals surface area contributed by atoms with Crippen LogP contribution in [0.25, 0.3) is 0 Å². The molecule has 0 radical (unpaired) electrons. The molecule has 2 rings (SSSR count). The molecule has 0 unspecified atom stereocenters. The predicted octanol–water partition coefficient (Wildman–Crippen LogP) is 0.306. The van der Waals surface area contributed by atoms with Crippen LogP contribution in [0.15, 0.2) is 4.99 Å². The van der Waals surface area contributed by atoms with Crippen molar-refractivity contribution in [2.75, 3.05) is 64.8 Å². The summed E-state index contributed by atoms with van der Waals surface area (Å²) in [7, 11) is -3.03. The Labute approximate surface area is 175 Å². The molecule has 0 aliphatic carbocycles. The maximum absolute atomic E-state index is 11.8. The molecule has 8 nitrogen and oxygen atoms in total. The van der Waals surface area contributed by atoms with E-state index in [0.29, 0.717) is 26.2 Å². The molecular weight excluding hydrogens is 469 g/mol. The number of hydrogen-bond donors (Lipinski definition) is 2. The maximum Gasteiger partial charge on any atom is 0.214 e. The van der Waals surface area contributed by atoms with Crippen molar-refractivity contribution in [2.24, 2.45) is 4.99 Å². The summed E-state index contributed by atoms with van der Waals surface area (Å²) in [5, 5.41) is 6.48. The van der Waals surface area contributed by atoms with Crippen molar-refractivity contribution in [2.45, 2.75) is 32.7 Å². The number of ether oxygens (including phenoxy) is 1. The van der Waals surface area contributed by atoms with E-state index < -0.39 is 10.0 Å². The van der Waals surface area contributed by atoms with Crippen molar-refractivity contribution in [1.29, 1.82) is 0 Å². The van der Waals surface area contributed by atoms with Crippen molar-refractivity contribution in [3.8, 4) is 0 Å². The molecule has 0 atom stereocenters. The second kappa shape index (κ2) is 11.0. The topological polar surface area (TPSA) is 86.3 Å². The van der Waals surface area contributed by atoms with Crippen LogP contribution in [0.3, 0.4) is 0 Å². The quantitative estimate of drug-likeness (QED) is 0.296. The molecule has 26 heavy (non-hydrogen) atoms. The zero-order valence-electron chi connectivity index (χ0n) is 16.2. The Hall–Kier alpha value is -0.170. The minimum Gasteiger partial charge on any atom is -0.379 e. The first kappa shape index (κ1) is 23.9. The lowest BCUT2D eigenvalue weighted by Gasteiger charge is -2.39. The van der Waals surface area contributed by atoms with E-state index in [-0.39, 0.29) is 35.3 Å². The molecule has 154 valence electrons. The highest BCUT2D eigenvalue weighted by molar-refractivity contribution is 14.0. The molecule has 0 spiro atoms. The lowest BCUT2D eigenvalue weighted by molar-refractivity contribution is -0.00683. The lowest BCUT2D eigenvalue weighted by Crippen LogP contribution is -2.52. The van der Waals surface area contributed by atoms with Gasteiger partial charge in [-0.1, -0.05) is 0 Å². The van der Waals surface area contributed by atoms with E-state index in [2.05, 4.69) is 29.4 Å². The number of nitrogens with one attached hydrogen (secondary N) is 2. The highest BCUT2D eigenvalue weighted by Gasteiger charge is 2.29. The average molecular weight is 503 g/mol. The summed E-state index contributed by atoms with van der Waals surface area (Å²) in [6.45, 7) is 12.9. The summed E-state index contributed by atoms with van der Waals surface area (Å²) >= 11 is 0. The van der Waals surface area contributed by atoms with Crippen LogP contribution in [0.4, 0.5) is 0 Å². The fourth-order valence-corrected chi connectivity index (χ4v) is 4.65. The van der Waals surface area contributed by atoms with Crippen LogP contribution in [-0.4, -0.2) is 93.9 Å². The molecule has 2 heterocycles. The van der Waals surface area contributed by atoms with E-state index in [4.69, 9.17) is 9.73 Å². The number of aliphatic imine (C=N–C) groups is 1. The van der Waals surface area contributed by atoms with Crippen molar-refractivity contribution in [3.63, 3.8) is 0 Å². The maximum atomic E-state index is 11.8. The van der Waals surface area contributed by atoms with E-state index in [1.165, 1.54) is 0 Å². The molecule has 2 aliphatic rings. The van der Waals surface area contributed by atoms with Gasteiger partial charge in [-0.3, -0.25) is 9.89 Å². The van der Waals surface area contributed by atoms with Gasteiger partial charge in [-0.2, -0.15) is 0 Å². The van der Waals surface area contributed by atoms with Crippen molar-refractivity contribution in [1.82, 2.24) is 19.8 Å². The Bertz CT molecular complexity index is 550. The van der Waals surface area contributed by atoms with Crippen LogP contribution in [0.5, 0.6) is 0 Å². The van der Waals surface area contributed by atoms with Crippen LogP contribution >= 0.6 is 24.0 Å². The van der Waals surface area contributed by atoms with Crippen molar-refractivity contribution >= 4 is 40.0 Å². The SMILES string of the molecule is CCNC(=NCC(C)(C)N1CCOCC1)NCCN1CCCS1(=O)=O.I. The van der Waals surface area contributed by atoms with E-state index in [1.54, 1.807) is 4.31 Å². The molecule has 0 bridgehead atoms. The normalized spacial score (nSPS) is 22.0. The minimum atomic E-state index is -3.03. The monoisotopic (exact) mass is 503 g/mol. The molecule has 2 fully saturated rings. The van der Waals surface area contributed by atoms with Crippen LogP contribution in [0.2, 0.25) is 0 Å². The second-order valence-electron chi connectivity index (χ2n) is 7.10. The molecule has 2 N–H and O–H groups in total. The lowest BCUT2D eigenvalue weighted by atomic mass is 10.0. The molecular formula is C16H34IN5O3S. The zero-order valence-corrected chi connectivity index (χ0v) is 19.3. The van der Waals surface area contributed by atoms with Gasteiger partial charge < -0.3 is 15.4 Å². The van der Waals surface area contributed by atoms with E-state index in [1.807, 2.05) is 6.92 Å². The van der Waals surface area contributed by atoms with Gasteiger partial charge in [-0.05, 0) is 27.2 Å². The Morgan fingerprint density at radius 1 is 1.19 bits per heavy atom. The average Bonchev–Trinajstić information content (AvgIpc) is 2.92. The van der Waals surface area contributed by atoms with Gasteiger partial charge in [0.15, 0.2) is 5.96 Å². The molecule has 10 heteroatoms. The van der Waals surface area contributed by atoms with Gasteiger partial charge >= 0.3 is 0 Å². The largest absolute Gasteiger partial charge is 0.379 e.